The highest BCUT2D eigenvalue weighted by atomic mass is 19.1. The number of ether oxygens (including phenoxy) is 2. The highest BCUT2D eigenvalue weighted by molar-refractivity contribution is 5.85. The van der Waals surface area contributed by atoms with Crippen LogP contribution in [0.1, 0.15) is 48.2 Å². The van der Waals surface area contributed by atoms with Crippen molar-refractivity contribution in [3.63, 3.8) is 0 Å². The molecule has 5 heterocycles. The van der Waals surface area contributed by atoms with Crippen LogP contribution in [0.2, 0.25) is 0 Å². The molecule has 0 bridgehead atoms. The van der Waals surface area contributed by atoms with Crippen LogP contribution in [0.4, 0.5) is 4.39 Å². The van der Waals surface area contributed by atoms with E-state index in [1.165, 1.54) is 18.2 Å². The Bertz CT molecular complexity index is 1960. The largest absolute Gasteiger partial charge is 0.484 e. The molecule has 0 amide bonds. The van der Waals surface area contributed by atoms with E-state index in [1.54, 1.807) is 24.5 Å². The first-order valence-corrected chi connectivity index (χ1v) is 15.3. The zero-order chi connectivity index (χ0) is 32.8. The Morgan fingerprint density at radius 2 is 1.98 bits per heavy atom. The van der Waals surface area contributed by atoms with Crippen LogP contribution in [-0.4, -0.2) is 64.2 Å². The summed E-state index contributed by atoms with van der Waals surface area (Å²) in [5, 5.41) is 18.0. The number of hydrogen-bond acceptors (Lipinski definition) is 9. The van der Waals surface area contributed by atoms with Crippen LogP contribution in [0.15, 0.2) is 67.1 Å². The minimum atomic E-state index is -1.03. The Balaban J connectivity index is 1.10. The van der Waals surface area contributed by atoms with Crippen molar-refractivity contribution in [3.8, 4) is 17.7 Å². The lowest BCUT2D eigenvalue weighted by molar-refractivity contribution is -0.131. The summed E-state index contributed by atoms with van der Waals surface area (Å²) in [6.45, 7) is 5.64. The Kier molecular flexibility index (Phi) is 9.49. The quantitative estimate of drug-likeness (QED) is 0.189. The number of benzene rings is 1. The molecule has 5 aromatic rings. The Labute approximate surface area is 270 Å². The van der Waals surface area contributed by atoms with Gasteiger partial charge in [-0.15, -0.1) is 0 Å². The molecule has 13 heteroatoms. The SMILES string of the molecule is CCn1cncc1Cn1c(CN2CCC(Oc3cccc(COc4ccc(C#N)cc4F)n3)CC2)nc2ccc(/C=C/C(=O)O)nc21. The first kappa shape index (κ1) is 31.4. The summed E-state index contributed by atoms with van der Waals surface area (Å²) in [6, 6.07) is 15.0. The van der Waals surface area contributed by atoms with Gasteiger partial charge < -0.3 is 23.7 Å². The van der Waals surface area contributed by atoms with Gasteiger partial charge in [-0.05, 0) is 62.2 Å². The van der Waals surface area contributed by atoms with E-state index < -0.39 is 11.8 Å². The van der Waals surface area contributed by atoms with Crippen LogP contribution in [0.3, 0.4) is 0 Å². The molecule has 0 aliphatic carbocycles. The molecular weight excluding hydrogens is 603 g/mol. The molecule has 0 unspecified atom stereocenters. The van der Waals surface area contributed by atoms with E-state index >= 15 is 0 Å². The first-order chi connectivity index (χ1) is 22.9. The Morgan fingerprint density at radius 1 is 1.13 bits per heavy atom. The third kappa shape index (κ3) is 7.62. The van der Waals surface area contributed by atoms with Crippen molar-refractivity contribution in [3.05, 3.63) is 101 Å². The number of aryl methyl sites for hydroxylation is 1. The number of carboxylic acid groups (broad SMARTS) is 1. The number of piperidine rings is 1. The van der Waals surface area contributed by atoms with Crippen molar-refractivity contribution in [2.24, 2.45) is 0 Å². The van der Waals surface area contributed by atoms with Gasteiger partial charge in [0.25, 0.3) is 0 Å². The normalized spacial score (nSPS) is 14.1. The summed E-state index contributed by atoms with van der Waals surface area (Å²) in [4.78, 5) is 31.9. The highest BCUT2D eigenvalue weighted by Crippen LogP contribution is 2.24. The number of pyridine rings is 2. The number of nitriles is 1. The van der Waals surface area contributed by atoms with Gasteiger partial charge in [0.05, 0.1) is 48.1 Å². The van der Waals surface area contributed by atoms with Gasteiger partial charge in [-0.2, -0.15) is 5.26 Å². The highest BCUT2D eigenvalue weighted by Gasteiger charge is 2.24. The summed E-state index contributed by atoms with van der Waals surface area (Å²) in [5.74, 6) is -0.226. The van der Waals surface area contributed by atoms with Crippen LogP contribution in [0.5, 0.6) is 11.6 Å². The van der Waals surface area contributed by atoms with Crippen LogP contribution in [-0.2, 0) is 31.0 Å². The van der Waals surface area contributed by atoms with E-state index in [-0.39, 0.29) is 24.0 Å². The lowest BCUT2D eigenvalue weighted by Crippen LogP contribution is -2.38. The molecule has 1 fully saturated rings. The fourth-order valence-corrected chi connectivity index (χ4v) is 5.52. The zero-order valence-corrected chi connectivity index (χ0v) is 25.8. The number of carbonyl (C=O) groups is 1. The van der Waals surface area contributed by atoms with Gasteiger partial charge in [-0.1, -0.05) is 6.07 Å². The molecular formula is C34H33FN8O4. The predicted molar refractivity (Wildman–Crippen MR) is 170 cm³/mol. The molecule has 0 radical (unpaired) electrons. The van der Waals surface area contributed by atoms with E-state index in [4.69, 9.17) is 29.8 Å². The summed E-state index contributed by atoms with van der Waals surface area (Å²) in [6.07, 6.45) is 7.78. The average molecular weight is 637 g/mol. The number of halogens is 1. The number of nitrogens with zero attached hydrogens (tertiary/aromatic N) is 8. The molecule has 1 aliphatic heterocycles. The van der Waals surface area contributed by atoms with Gasteiger partial charge in [0.2, 0.25) is 5.88 Å². The van der Waals surface area contributed by atoms with Crippen molar-refractivity contribution in [2.75, 3.05) is 13.1 Å². The monoisotopic (exact) mass is 636 g/mol. The number of aliphatic carboxylic acids is 1. The predicted octanol–water partition coefficient (Wildman–Crippen LogP) is 4.82. The number of rotatable bonds is 12. The van der Waals surface area contributed by atoms with Gasteiger partial charge in [0, 0.05) is 38.0 Å². The van der Waals surface area contributed by atoms with Crippen molar-refractivity contribution in [1.82, 2.24) is 34.0 Å². The number of imidazole rings is 2. The van der Waals surface area contributed by atoms with Gasteiger partial charge in [-0.3, -0.25) is 4.90 Å². The van der Waals surface area contributed by atoms with Crippen molar-refractivity contribution in [1.29, 1.82) is 5.26 Å². The fourth-order valence-electron chi connectivity index (χ4n) is 5.52. The molecule has 1 N–H and O–H groups in total. The molecule has 0 atom stereocenters. The molecule has 6 rings (SSSR count). The third-order valence-corrected chi connectivity index (χ3v) is 7.95. The second-order valence-electron chi connectivity index (χ2n) is 11.1. The molecule has 12 nitrogen and oxygen atoms in total. The number of likely N-dealkylation sites (tertiary alicyclic amines) is 1. The second kappa shape index (κ2) is 14.2. The van der Waals surface area contributed by atoms with Gasteiger partial charge in [-0.25, -0.2) is 29.1 Å². The van der Waals surface area contributed by atoms with E-state index in [2.05, 4.69) is 30.9 Å². The zero-order valence-electron chi connectivity index (χ0n) is 25.8. The average Bonchev–Trinajstić information content (AvgIpc) is 3.67. The molecule has 4 aromatic heterocycles. The molecule has 0 saturated carbocycles. The van der Waals surface area contributed by atoms with E-state index in [9.17, 15) is 9.18 Å². The maximum atomic E-state index is 14.2. The number of hydrogen-bond donors (Lipinski definition) is 1. The number of fused-ring (bicyclic) bond motifs is 1. The molecule has 0 spiro atoms. The first-order valence-electron chi connectivity index (χ1n) is 15.3. The van der Waals surface area contributed by atoms with Crippen LogP contribution < -0.4 is 9.47 Å². The van der Waals surface area contributed by atoms with Crippen molar-refractivity contribution >= 4 is 23.2 Å². The minimum absolute atomic E-state index is 0.0196. The standard InChI is InChI=1S/C34H33FN8O4/c1-2-42-22-37-18-26(42)19-43-31(40-29-9-7-24(39-34(29)43)8-11-33(44)45)20-41-14-12-27(13-15-41)47-32-5-3-4-25(38-32)21-46-30-10-6-23(17-36)16-28(30)35/h3-11,16,18,22,27H,2,12-15,19-21H2,1H3,(H,44,45)/b11-8+. The Hall–Kier alpha value is -5.61. The van der Waals surface area contributed by atoms with E-state index in [0.29, 0.717) is 36.0 Å². The smallest absolute Gasteiger partial charge is 0.328 e. The Morgan fingerprint density at radius 3 is 2.74 bits per heavy atom. The summed E-state index contributed by atoms with van der Waals surface area (Å²) in [7, 11) is 0. The fraction of sp³-hybridized carbons (Fsp3) is 0.294. The summed E-state index contributed by atoms with van der Waals surface area (Å²) >= 11 is 0. The maximum absolute atomic E-state index is 14.2. The number of carboxylic acids is 1. The van der Waals surface area contributed by atoms with Crippen molar-refractivity contribution in [2.45, 2.75) is 52.1 Å². The third-order valence-electron chi connectivity index (χ3n) is 7.95. The molecule has 1 aliphatic rings. The van der Waals surface area contributed by atoms with E-state index in [1.807, 2.05) is 24.4 Å². The van der Waals surface area contributed by atoms with Crippen LogP contribution in [0, 0.1) is 17.1 Å². The summed E-state index contributed by atoms with van der Waals surface area (Å²) in [5.41, 5.74) is 3.82. The second-order valence-corrected chi connectivity index (χ2v) is 11.1. The van der Waals surface area contributed by atoms with Crippen LogP contribution >= 0.6 is 0 Å². The minimum Gasteiger partial charge on any atom is -0.484 e. The lowest BCUT2D eigenvalue weighted by atomic mass is 10.1. The van der Waals surface area contributed by atoms with E-state index in [0.717, 1.165) is 61.7 Å². The molecule has 1 aromatic carbocycles. The lowest BCUT2D eigenvalue weighted by Gasteiger charge is -2.31. The van der Waals surface area contributed by atoms with Gasteiger partial charge in [0.15, 0.2) is 17.2 Å². The van der Waals surface area contributed by atoms with Gasteiger partial charge in [0.1, 0.15) is 24.1 Å². The van der Waals surface area contributed by atoms with Crippen molar-refractivity contribution < 1.29 is 23.8 Å². The maximum Gasteiger partial charge on any atom is 0.328 e. The topological polar surface area (TPSA) is 144 Å². The molecule has 1 saturated heterocycles. The van der Waals surface area contributed by atoms with Crippen LogP contribution in [0.25, 0.3) is 17.2 Å². The number of aromatic nitrogens is 6. The molecule has 240 valence electrons. The van der Waals surface area contributed by atoms with Gasteiger partial charge >= 0.3 is 5.97 Å². The molecule has 47 heavy (non-hydrogen) atoms. The summed E-state index contributed by atoms with van der Waals surface area (Å²) < 4.78 is 30.2.